The van der Waals surface area contributed by atoms with Gasteiger partial charge < -0.3 is 24.6 Å². The third-order valence-corrected chi connectivity index (χ3v) is 6.08. The SMILES string of the molecule is COc1ccc(C(=O)NCCO)cc1-c1nc2c(n1C(C)C)CN(c1cc(Cl)ccc1C)C2=O. The second-order valence-corrected chi connectivity index (χ2v) is 8.85. The molecule has 0 saturated carbocycles. The topological polar surface area (TPSA) is 96.7 Å². The van der Waals surface area contributed by atoms with Gasteiger partial charge in [-0.3, -0.25) is 9.59 Å². The number of aromatic nitrogens is 2. The lowest BCUT2D eigenvalue weighted by atomic mass is 10.1. The molecule has 34 heavy (non-hydrogen) atoms. The minimum absolute atomic E-state index is 0.00367. The predicted molar refractivity (Wildman–Crippen MR) is 131 cm³/mol. The van der Waals surface area contributed by atoms with E-state index in [0.29, 0.717) is 40.0 Å². The number of nitrogens with one attached hydrogen (secondary N) is 1. The molecule has 4 rings (SSSR count). The number of nitrogens with zero attached hydrogens (tertiary/aromatic N) is 3. The number of imidazole rings is 1. The van der Waals surface area contributed by atoms with E-state index >= 15 is 0 Å². The summed E-state index contributed by atoms with van der Waals surface area (Å²) in [5.41, 5.74) is 3.90. The van der Waals surface area contributed by atoms with Gasteiger partial charge in [-0.25, -0.2) is 4.98 Å². The molecule has 0 spiro atoms. The van der Waals surface area contributed by atoms with Gasteiger partial charge in [0.05, 0.1) is 31.5 Å². The molecule has 0 atom stereocenters. The van der Waals surface area contributed by atoms with Gasteiger partial charge in [-0.15, -0.1) is 0 Å². The molecule has 0 unspecified atom stereocenters. The van der Waals surface area contributed by atoms with Crippen LogP contribution < -0.4 is 15.0 Å². The standard InChI is InChI=1S/C25H27ClN4O4/c1-14(2)30-20-13-29(19-12-17(26)7-5-15(19)3)25(33)22(20)28-23(30)18-11-16(6-8-21(18)34-4)24(32)27-9-10-31/h5-8,11-12,14,31H,9-10,13H2,1-4H3,(H,27,32). The summed E-state index contributed by atoms with van der Waals surface area (Å²) in [4.78, 5) is 32.4. The van der Waals surface area contributed by atoms with E-state index in [-0.39, 0.29) is 31.0 Å². The van der Waals surface area contributed by atoms with Gasteiger partial charge in [0.1, 0.15) is 11.6 Å². The lowest BCUT2D eigenvalue weighted by molar-refractivity contribution is 0.0943. The largest absolute Gasteiger partial charge is 0.496 e. The van der Waals surface area contributed by atoms with Gasteiger partial charge in [-0.1, -0.05) is 17.7 Å². The highest BCUT2D eigenvalue weighted by atomic mass is 35.5. The van der Waals surface area contributed by atoms with Crippen LogP contribution in [-0.2, 0) is 6.54 Å². The summed E-state index contributed by atoms with van der Waals surface area (Å²) in [5.74, 6) is 0.590. The van der Waals surface area contributed by atoms with Crippen LogP contribution in [0.25, 0.3) is 11.4 Å². The number of hydrogen-bond donors (Lipinski definition) is 2. The minimum atomic E-state index is -0.313. The van der Waals surface area contributed by atoms with Crippen molar-refractivity contribution >= 4 is 29.1 Å². The van der Waals surface area contributed by atoms with Gasteiger partial charge in [0.15, 0.2) is 5.69 Å². The third kappa shape index (κ3) is 4.15. The monoisotopic (exact) mass is 482 g/mol. The Morgan fingerprint density at radius 2 is 2.03 bits per heavy atom. The number of halogens is 1. The van der Waals surface area contributed by atoms with Crippen molar-refractivity contribution < 1.29 is 19.4 Å². The van der Waals surface area contributed by atoms with E-state index in [1.54, 1.807) is 42.3 Å². The molecule has 1 aliphatic heterocycles. The maximum Gasteiger partial charge on any atom is 0.279 e. The van der Waals surface area contributed by atoms with Crippen LogP contribution >= 0.6 is 11.6 Å². The van der Waals surface area contributed by atoms with E-state index in [0.717, 1.165) is 16.9 Å². The highest BCUT2D eigenvalue weighted by Crippen LogP contribution is 2.38. The first kappa shape index (κ1) is 23.8. The number of rotatable bonds is 7. The Balaban J connectivity index is 1.80. The van der Waals surface area contributed by atoms with E-state index in [1.807, 2.05) is 31.4 Å². The van der Waals surface area contributed by atoms with Crippen molar-refractivity contribution in [3.8, 4) is 17.1 Å². The normalized spacial score (nSPS) is 12.9. The van der Waals surface area contributed by atoms with Crippen LogP contribution in [0.1, 0.15) is 52.0 Å². The molecule has 0 fully saturated rings. The average molecular weight is 483 g/mol. The van der Waals surface area contributed by atoms with Crippen LogP contribution in [0.5, 0.6) is 5.75 Å². The molecule has 2 heterocycles. The van der Waals surface area contributed by atoms with E-state index in [4.69, 9.17) is 26.4 Å². The van der Waals surface area contributed by atoms with Crippen molar-refractivity contribution in [2.24, 2.45) is 0 Å². The number of hydrogen-bond acceptors (Lipinski definition) is 5. The molecule has 3 aromatic rings. The van der Waals surface area contributed by atoms with E-state index in [2.05, 4.69) is 5.32 Å². The van der Waals surface area contributed by atoms with Gasteiger partial charge in [-0.2, -0.15) is 0 Å². The highest BCUT2D eigenvalue weighted by Gasteiger charge is 2.37. The fourth-order valence-corrected chi connectivity index (χ4v) is 4.41. The van der Waals surface area contributed by atoms with Crippen LogP contribution in [0.4, 0.5) is 5.69 Å². The number of amides is 2. The molecular formula is C25H27ClN4O4. The second-order valence-electron chi connectivity index (χ2n) is 8.41. The summed E-state index contributed by atoms with van der Waals surface area (Å²) < 4.78 is 7.58. The Kier molecular flexibility index (Phi) is 6.63. The molecular weight excluding hydrogens is 456 g/mol. The summed E-state index contributed by atoms with van der Waals surface area (Å²) in [7, 11) is 1.55. The number of carbonyl (C=O) groups is 2. The number of fused-ring (bicyclic) bond motifs is 1. The molecule has 0 bridgehead atoms. The second kappa shape index (κ2) is 9.48. The number of ether oxygens (including phenoxy) is 1. The molecule has 0 aliphatic carbocycles. The number of aryl methyl sites for hydroxylation is 1. The molecule has 1 aliphatic rings. The average Bonchev–Trinajstić information content (AvgIpc) is 3.35. The molecule has 2 aromatic carbocycles. The maximum absolute atomic E-state index is 13.4. The first-order valence-corrected chi connectivity index (χ1v) is 11.4. The Bertz CT molecular complexity index is 1270. The van der Waals surface area contributed by atoms with Crippen LogP contribution in [0.3, 0.4) is 0 Å². The molecule has 178 valence electrons. The van der Waals surface area contributed by atoms with Crippen LogP contribution in [0.15, 0.2) is 36.4 Å². The fraction of sp³-hybridized carbons (Fsp3) is 0.320. The molecule has 9 heteroatoms. The summed E-state index contributed by atoms with van der Waals surface area (Å²) in [6.45, 7) is 6.35. The Labute approximate surface area is 203 Å². The zero-order chi connectivity index (χ0) is 24.6. The van der Waals surface area contributed by atoms with Gasteiger partial charge in [0.25, 0.3) is 11.8 Å². The van der Waals surface area contributed by atoms with Crippen molar-refractivity contribution in [1.82, 2.24) is 14.9 Å². The lowest BCUT2D eigenvalue weighted by Gasteiger charge is -2.21. The quantitative estimate of drug-likeness (QED) is 0.531. The first-order valence-electron chi connectivity index (χ1n) is 11.0. The number of benzene rings is 2. The molecule has 8 nitrogen and oxygen atoms in total. The number of methoxy groups -OCH3 is 1. The van der Waals surface area contributed by atoms with Crippen molar-refractivity contribution in [1.29, 1.82) is 0 Å². The first-order chi connectivity index (χ1) is 16.3. The Morgan fingerprint density at radius 3 is 2.71 bits per heavy atom. The number of aliphatic hydroxyl groups excluding tert-OH is 1. The predicted octanol–water partition coefficient (Wildman–Crippen LogP) is 3.98. The number of carbonyl (C=O) groups excluding carboxylic acids is 2. The molecule has 1 aromatic heterocycles. The highest BCUT2D eigenvalue weighted by molar-refractivity contribution is 6.31. The van der Waals surface area contributed by atoms with Crippen LogP contribution in [0.2, 0.25) is 5.02 Å². The Hall–Kier alpha value is -3.36. The Morgan fingerprint density at radius 1 is 1.26 bits per heavy atom. The minimum Gasteiger partial charge on any atom is -0.496 e. The van der Waals surface area contributed by atoms with Crippen molar-refractivity contribution in [2.45, 2.75) is 33.4 Å². The van der Waals surface area contributed by atoms with Crippen LogP contribution in [0, 0.1) is 6.92 Å². The number of aliphatic hydroxyl groups is 1. The van der Waals surface area contributed by atoms with E-state index in [1.165, 1.54) is 0 Å². The lowest BCUT2D eigenvalue weighted by Crippen LogP contribution is -2.26. The van der Waals surface area contributed by atoms with Gasteiger partial charge in [0.2, 0.25) is 0 Å². The third-order valence-electron chi connectivity index (χ3n) is 5.84. The summed E-state index contributed by atoms with van der Waals surface area (Å²) >= 11 is 6.20. The molecule has 2 N–H and O–H groups in total. The summed E-state index contributed by atoms with van der Waals surface area (Å²) in [6.07, 6.45) is 0. The fourth-order valence-electron chi connectivity index (χ4n) is 4.25. The van der Waals surface area contributed by atoms with Gasteiger partial charge in [0, 0.05) is 28.9 Å². The van der Waals surface area contributed by atoms with Crippen molar-refractivity contribution in [3.63, 3.8) is 0 Å². The van der Waals surface area contributed by atoms with Crippen molar-refractivity contribution in [2.75, 3.05) is 25.2 Å². The molecule has 0 saturated heterocycles. The van der Waals surface area contributed by atoms with Gasteiger partial charge >= 0.3 is 0 Å². The zero-order valence-electron chi connectivity index (χ0n) is 19.6. The van der Waals surface area contributed by atoms with E-state index < -0.39 is 0 Å². The van der Waals surface area contributed by atoms with Gasteiger partial charge in [-0.05, 0) is 56.7 Å². The molecule has 0 radical (unpaired) electrons. The summed E-state index contributed by atoms with van der Waals surface area (Å²) in [6, 6.07) is 10.5. The zero-order valence-corrected chi connectivity index (χ0v) is 20.3. The van der Waals surface area contributed by atoms with Crippen molar-refractivity contribution in [3.05, 3.63) is 63.9 Å². The number of anilines is 1. The summed E-state index contributed by atoms with van der Waals surface area (Å²) in [5, 5.41) is 12.2. The molecule has 2 amide bonds. The smallest absolute Gasteiger partial charge is 0.279 e. The maximum atomic E-state index is 13.4. The van der Waals surface area contributed by atoms with Crippen LogP contribution in [-0.4, -0.2) is 46.7 Å². The van der Waals surface area contributed by atoms with E-state index in [9.17, 15) is 9.59 Å².